The van der Waals surface area contributed by atoms with Gasteiger partial charge < -0.3 is 15.3 Å². The van der Waals surface area contributed by atoms with E-state index in [1.807, 2.05) is 6.92 Å². The summed E-state index contributed by atoms with van der Waals surface area (Å²) in [4.78, 5) is 10.8. The Hall–Kier alpha value is -0.880. The van der Waals surface area contributed by atoms with Gasteiger partial charge in [-0.05, 0) is 41.6 Å². The Kier molecular flexibility index (Phi) is 4.77. The van der Waals surface area contributed by atoms with E-state index in [0.29, 0.717) is 12.5 Å². The van der Waals surface area contributed by atoms with Crippen LogP contribution in [-0.4, -0.2) is 41.3 Å². The number of nitrogens with one attached hydrogen (secondary N) is 1. The molecule has 0 spiro atoms. The minimum absolute atomic E-state index is 0.293. The Morgan fingerprint density at radius 3 is 2.78 bits per heavy atom. The smallest absolute Gasteiger partial charge is 0.148 e. The molecular formula is C12H19BrN4O. The summed E-state index contributed by atoms with van der Waals surface area (Å²) < 4.78 is 0.925. The molecule has 0 atom stereocenters. The molecule has 0 radical (unpaired) electrons. The molecule has 2 N–H and O–H groups in total. The molecule has 2 heterocycles. The summed E-state index contributed by atoms with van der Waals surface area (Å²) in [5.74, 6) is 2.22. The van der Waals surface area contributed by atoms with Gasteiger partial charge in [-0.15, -0.1) is 0 Å². The normalized spacial score (nSPS) is 16.9. The van der Waals surface area contributed by atoms with Gasteiger partial charge in [-0.2, -0.15) is 0 Å². The van der Waals surface area contributed by atoms with E-state index in [9.17, 15) is 0 Å². The van der Waals surface area contributed by atoms with E-state index in [0.717, 1.165) is 48.6 Å². The average Bonchev–Trinajstić information content (AvgIpc) is 2.42. The van der Waals surface area contributed by atoms with Gasteiger partial charge in [-0.1, -0.05) is 0 Å². The molecule has 0 bridgehead atoms. The zero-order valence-corrected chi connectivity index (χ0v) is 12.2. The fourth-order valence-electron chi connectivity index (χ4n) is 2.20. The number of halogens is 1. The van der Waals surface area contributed by atoms with Gasteiger partial charge in [0.05, 0.1) is 0 Å². The van der Waals surface area contributed by atoms with Crippen LogP contribution >= 0.6 is 15.9 Å². The van der Waals surface area contributed by atoms with Crippen LogP contribution in [0.5, 0.6) is 0 Å². The Labute approximate surface area is 116 Å². The molecule has 6 heteroatoms. The van der Waals surface area contributed by atoms with E-state index >= 15 is 0 Å². The van der Waals surface area contributed by atoms with Gasteiger partial charge in [0.15, 0.2) is 0 Å². The van der Waals surface area contributed by atoms with Crippen molar-refractivity contribution in [1.82, 2.24) is 9.97 Å². The zero-order valence-electron chi connectivity index (χ0n) is 10.6. The second-order valence-corrected chi connectivity index (χ2v) is 5.30. The SMILES string of the molecule is CCNc1ncnc(N2CCC(CO)CC2)c1Br. The van der Waals surface area contributed by atoms with Crippen molar-refractivity contribution in [2.45, 2.75) is 19.8 Å². The van der Waals surface area contributed by atoms with Crippen molar-refractivity contribution in [2.75, 3.05) is 36.5 Å². The van der Waals surface area contributed by atoms with E-state index in [4.69, 9.17) is 5.11 Å². The Balaban J connectivity index is 2.11. The van der Waals surface area contributed by atoms with Crippen LogP contribution in [0.3, 0.4) is 0 Å². The second-order valence-electron chi connectivity index (χ2n) is 4.50. The maximum Gasteiger partial charge on any atom is 0.148 e. The molecule has 2 rings (SSSR count). The van der Waals surface area contributed by atoms with Crippen LogP contribution in [0.25, 0.3) is 0 Å². The standard InChI is InChI=1S/C12H19BrN4O/c1-2-14-11-10(13)12(16-8-15-11)17-5-3-9(7-18)4-6-17/h8-9,18H,2-7H2,1H3,(H,14,15,16). The van der Waals surface area contributed by atoms with Crippen LogP contribution in [0.1, 0.15) is 19.8 Å². The third-order valence-electron chi connectivity index (χ3n) is 3.29. The van der Waals surface area contributed by atoms with Crippen molar-refractivity contribution in [1.29, 1.82) is 0 Å². The molecule has 5 nitrogen and oxygen atoms in total. The lowest BCUT2D eigenvalue weighted by Gasteiger charge is -2.32. The molecular weight excluding hydrogens is 296 g/mol. The van der Waals surface area contributed by atoms with E-state index < -0.39 is 0 Å². The van der Waals surface area contributed by atoms with Crippen molar-refractivity contribution < 1.29 is 5.11 Å². The van der Waals surface area contributed by atoms with E-state index in [2.05, 4.69) is 36.1 Å². The van der Waals surface area contributed by atoms with Gasteiger partial charge in [0.2, 0.25) is 0 Å². The first kappa shape index (κ1) is 13.5. The first-order chi connectivity index (χ1) is 8.76. The molecule has 0 amide bonds. The van der Waals surface area contributed by atoms with Crippen LogP contribution in [0.4, 0.5) is 11.6 Å². The molecule has 1 saturated heterocycles. The Morgan fingerprint density at radius 1 is 1.44 bits per heavy atom. The molecule has 1 aromatic heterocycles. The van der Waals surface area contributed by atoms with Crippen molar-refractivity contribution in [3.63, 3.8) is 0 Å². The topological polar surface area (TPSA) is 61.3 Å². The van der Waals surface area contributed by atoms with E-state index in [-0.39, 0.29) is 0 Å². The van der Waals surface area contributed by atoms with Crippen LogP contribution in [0.15, 0.2) is 10.8 Å². The number of aliphatic hydroxyl groups excluding tert-OH is 1. The van der Waals surface area contributed by atoms with Crippen molar-refractivity contribution >= 4 is 27.6 Å². The Bertz CT molecular complexity index is 394. The predicted octanol–water partition coefficient (Wildman–Crippen LogP) is 1.88. The molecule has 0 aromatic carbocycles. The summed E-state index contributed by atoms with van der Waals surface area (Å²) in [5, 5.41) is 12.4. The molecule has 18 heavy (non-hydrogen) atoms. The highest BCUT2D eigenvalue weighted by Crippen LogP contribution is 2.31. The number of aromatic nitrogens is 2. The second kappa shape index (κ2) is 6.33. The number of anilines is 2. The molecule has 100 valence electrons. The van der Waals surface area contributed by atoms with Crippen molar-refractivity contribution in [3.05, 3.63) is 10.8 Å². The molecule has 0 saturated carbocycles. The van der Waals surface area contributed by atoms with E-state index in [1.54, 1.807) is 6.33 Å². The fourth-order valence-corrected chi connectivity index (χ4v) is 2.79. The van der Waals surface area contributed by atoms with Gasteiger partial charge in [0.1, 0.15) is 22.4 Å². The monoisotopic (exact) mass is 314 g/mol. The van der Waals surface area contributed by atoms with Gasteiger partial charge in [0.25, 0.3) is 0 Å². The summed E-state index contributed by atoms with van der Waals surface area (Å²) >= 11 is 3.57. The highest BCUT2D eigenvalue weighted by Gasteiger charge is 2.22. The molecule has 1 fully saturated rings. The zero-order chi connectivity index (χ0) is 13.0. The Morgan fingerprint density at radius 2 is 2.17 bits per heavy atom. The van der Waals surface area contributed by atoms with Crippen LogP contribution < -0.4 is 10.2 Å². The highest BCUT2D eigenvalue weighted by molar-refractivity contribution is 9.10. The van der Waals surface area contributed by atoms with Gasteiger partial charge in [0, 0.05) is 26.2 Å². The third kappa shape index (κ3) is 2.92. The first-order valence-electron chi connectivity index (χ1n) is 6.36. The quantitative estimate of drug-likeness (QED) is 0.888. The molecule has 1 aliphatic rings. The lowest BCUT2D eigenvalue weighted by atomic mass is 9.98. The lowest BCUT2D eigenvalue weighted by molar-refractivity contribution is 0.202. The number of hydrogen-bond donors (Lipinski definition) is 2. The minimum atomic E-state index is 0.293. The predicted molar refractivity (Wildman–Crippen MR) is 75.9 cm³/mol. The number of nitrogens with zero attached hydrogens (tertiary/aromatic N) is 3. The minimum Gasteiger partial charge on any atom is -0.396 e. The highest BCUT2D eigenvalue weighted by atomic mass is 79.9. The number of hydrogen-bond acceptors (Lipinski definition) is 5. The maximum absolute atomic E-state index is 9.15. The number of aliphatic hydroxyl groups is 1. The lowest BCUT2D eigenvalue weighted by Crippen LogP contribution is -2.35. The van der Waals surface area contributed by atoms with Gasteiger partial charge in [-0.3, -0.25) is 0 Å². The maximum atomic E-state index is 9.15. The van der Waals surface area contributed by atoms with Crippen molar-refractivity contribution in [2.24, 2.45) is 5.92 Å². The average molecular weight is 315 g/mol. The summed E-state index contributed by atoms with van der Waals surface area (Å²) in [6.07, 6.45) is 3.63. The van der Waals surface area contributed by atoms with Crippen LogP contribution in [-0.2, 0) is 0 Å². The fraction of sp³-hybridized carbons (Fsp3) is 0.667. The van der Waals surface area contributed by atoms with E-state index in [1.165, 1.54) is 0 Å². The van der Waals surface area contributed by atoms with Gasteiger partial charge >= 0.3 is 0 Å². The summed E-state index contributed by atoms with van der Waals surface area (Å²) in [7, 11) is 0. The first-order valence-corrected chi connectivity index (χ1v) is 7.15. The largest absolute Gasteiger partial charge is 0.396 e. The third-order valence-corrected chi connectivity index (χ3v) is 4.02. The molecule has 0 unspecified atom stereocenters. The molecule has 0 aliphatic carbocycles. The summed E-state index contributed by atoms with van der Waals surface area (Å²) in [6, 6.07) is 0. The van der Waals surface area contributed by atoms with Crippen LogP contribution in [0, 0.1) is 5.92 Å². The number of piperidine rings is 1. The molecule has 1 aromatic rings. The van der Waals surface area contributed by atoms with Crippen LogP contribution in [0.2, 0.25) is 0 Å². The summed E-state index contributed by atoms with van der Waals surface area (Å²) in [5.41, 5.74) is 0. The number of rotatable bonds is 4. The van der Waals surface area contributed by atoms with Crippen molar-refractivity contribution in [3.8, 4) is 0 Å². The molecule has 1 aliphatic heterocycles. The van der Waals surface area contributed by atoms with Gasteiger partial charge in [-0.25, -0.2) is 9.97 Å². The summed E-state index contributed by atoms with van der Waals surface area (Å²) in [6.45, 7) is 5.04.